The summed E-state index contributed by atoms with van der Waals surface area (Å²) >= 11 is 0. The number of carbonyl (C=O) groups excluding carboxylic acids is 1. The minimum absolute atomic E-state index is 0.110. The van der Waals surface area contributed by atoms with Crippen LogP contribution in [-0.2, 0) is 18.9 Å². The number of nitrogens with zero attached hydrogens (tertiary/aromatic N) is 2. The van der Waals surface area contributed by atoms with Gasteiger partial charge in [-0.2, -0.15) is 8.78 Å². The lowest BCUT2D eigenvalue weighted by molar-refractivity contribution is -0.116. The molecule has 2 heterocycles. The SMILES string of the molecule is Cn1c2c(c(=O)n(C)c1=O)[C@H](c1ccccc1OC(F)F)C1=C(CCCC1=O)N2. The lowest BCUT2D eigenvalue weighted by Gasteiger charge is -2.34. The molecule has 1 aromatic heterocycles. The summed E-state index contributed by atoms with van der Waals surface area (Å²) in [6.07, 6.45) is 1.48. The molecule has 1 aliphatic heterocycles. The van der Waals surface area contributed by atoms with Crippen LogP contribution in [0.2, 0.25) is 0 Å². The summed E-state index contributed by atoms with van der Waals surface area (Å²) in [6.45, 7) is -3.06. The second kappa shape index (κ2) is 6.98. The summed E-state index contributed by atoms with van der Waals surface area (Å²) in [5.74, 6) is -0.906. The average molecular weight is 403 g/mol. The quantitative estimate of drug-likeness (QED) is 0.850. The van der Waals surface area contributed by atoms with Gasteiger partial charge in [0.25, 0.3) is 5.56 Å². The molecule has 9 heteroatoms. The van der Waals surface area contributed by atoms with Crippen molar-refractivity contribution in [3.05, 3.63) is 67.5 Å². The Hall–Kier alpha value is -3.23. The second-order valence-electron chi connectivity index (χ2n) is 7.11. The summed E-state index contributed by atoms with van der Waals surface area (Å²) < 4.78 is 32.9. The Morgan fingerprint density at radius 3 is 2.55 bits per heavy atom. The molecule has 2 aromatic rings. The number of alkyl halides is 2. The number of benzene rings is 1. The van der Waals surface area contributed by atoms with Gasteiger partial charge in [0.2, 0.25) is 0 Å². The van der Waals surface area contributed by atoms with Crippen molar-refractivity contribution < 1.29 is 18.3 Å². The normalized spacial score (nSPS) is 18.4. The Balaban J connectivity index is 2.07. The molecule has 0 amide bonds. The van der Waals surface area contributed by atoms with E-state index in [1.165, 1.54) is 24.7 Å². The molecule has 0 saturated heterocycles. The number of rotatable bonds is 3. The molecule has 1 N–H and O–H groups in total. The second-order valence-corrected chi connectivity index (χ2v) is 7.11. The van der Waals surface area contributed by atoms with Crippen molar-refractivity contribution in [3.8, 4) is 5.75 Å². The van der Waals surface area contributed by atoms with Gasteiger partial charge in [-0.25, -0.2) is 4.79 Å². The van der Waals surface area contributed by atoms with Gasteiger partial charge in [-0.15, -0.1) is 0 Å². The van der Waals surface area contributed by atoms with Gasteiger partial charge in [-0.05, 0) is 18.9 Å². The summed E-state index contributed by atoms with van der Waals surface area (Å²) in [4.78, 5) is 38.3. The van der Waals surface area contributed by atoms with Crippen molar-refractivity contribution in [2.24, 2.45) is 14.1 Å². The van der Waals surface area contributed by atoms with Gasteiger partial charge < -0.3 is 10.1 Å². The van der Waals surface area contributed by atoms with Gasteiger partial charge in [0, 0.05) is 37.3 Å². The van der Waals surface area contributed by atoms with Crippen molar-refractivity contribution in [1.82, 2.24) is 9.13 Å². The van der Waals surface area contributed by atoms with E-state index in [0.29, 0.717) is 30.5 Å². The molecule has 1 aliphatic carbocycles. The standard InChI is InChI=1S/C20H19F2N3O4/c1-24-17-16(18(27)25(2)20(24)28)14(15-11(23-17)7-5-8-12(15)26)10-6-3-4-9-13(10)29-19(21)22/h3-4,6,9,14,19,23H,5,7-8H2,1-2H3/t14-/m1/s1. The van der Waals surface area contributed by atoms with E-state index in [9.17, 15) is 23.2 Å². The zero-order valence-corrected chi connectivity index (χ0v) is 15.9. The minimum atomic E-state index is -3.06. The molecule has 152 valence electrons. The third-order valence-corrected chi connectivity index (χ3v) is 5.45. The number of ether oxygens (including phenoxy) is 1. The average Bonchev–Trinajstić information content (AvgIpc) is 2.69. The van der Waals surface area contributed by atoms with Crippen LogP contribution in [0.5, 0.6) is 5.75 Å². The summed E-state index contributed by atoms with van der Waals surface area (Å²) in [5.41, 5.74) is 0.308. The topological polar surface area (TPSA) is 82.3 Å². The molecule has 29 heavy (non-hydrogen) atoms. The monoisotopic (exact) mass is 403 g/mol. The number of fused-ring (bicyclic) bond motifs is 1. The largest absolute Gasteiger partial charge is 0.435 e. The van der Waals surface area contributed by atoms with Crippen LogP contribution < -0.4 is 21.3 Å². The summed E-state index contributed by atoms with van der Waals surface area (Å²) in [6, 6.07) is 6.12. The molecule has 4 rings (SSSR count). The molecule has 0 radical (unpaired) electrons. The zero-order chi connectivity index (χ0) is 20.9. The molecule has 0 saturated carbocycles. The summed E-state index contributed by atoms with van der Waals surface area (Å²) in [5, 5.41) is 3.09. The first-order chi connectivity index (χ1) is 13.8. The first-order valence-corrected chi connectivity index (χ1v) is 9.18. The molecular weight excluding hydrogens is 384 g/mol. The number of Topliss-reactive ketones (excluding diaryl/α,β-unsaturated/α-hetero) is 1. The number of carbonyl (C=O) groups is 1. The van der Waals surface area contributed by atoms with Gasteiger partial charge in [0.1, 0.15) is 11.6 Å². The molecular formula is C20H19F2N3O4. The van der Waals surface area contributed by atoms with E-state index in [1.54, 1.807) is 18.2 Å². The van der Waals surface area contributed by atoms with Crippen molar-refractivity contribution in [3.63, 3.8) is 0 Å². The van der Waals surface area contributed by atoms with Crippen LogP contribution in [0.25, 0.3) is 0 Å². The first-order valence-electron chi connectivity index (χ1n) is 9.18. The predicted octanol–water partition coefficient (Wildman–Crippen LogP) is 2.25. The van der Waals surface area contributed by atoms with Crippen molar-refractivity contribution in [2.45, 2.75) is 31.8 Å². The number of anilines is 1. The smallest absolute Gasteiger partial charge is 0.387 e. The Morgan fingerprint density at radius 1 is 1.10 bits per heavy atom. The molecule has 0 fully saturated rings. The van der Waals surface area contributed by atoms with Crippen LogP contribution in [0.4, 0.5) is 14.6 Å². The maximum Gasteiger partial charge on any atom is 0.387 e. The Kier molecular flexibility index (Phi) is 4.60. The molecule has 2 aliphatic rings. The van der Waals surface area contributed by atoms with Crippen LogP contribution in [0.3, 0.4) is 0 Å². The number of hydrogen-bond acceptors (Lipinski definition) is 5. The van der Waals surface area contributed by atoms with Gasteiger partial charge in [0.15, 0.2) is 5.78 Å². The van der Waals surface area contributed by atoms with E-state index >= 15 is 0 Å². The van der Waals surface area contributed by atoms with E-state index in [4.69, 9.17) is 0 Å². The van der Waals surface area contributed by atoms with Gasteiger partial charge in [0.05, 0.1) is 11.5 Å². The highest BCUT2D eigenvalue weighted by molar-refractivity contribution is 6.01. The molecule has 7 nitrogen and oxygen atoms in total. The van der Waals surface area contributed by atoms with Crippen LogP contribution in [0.15, 0.2) is 45.1 Å². The Labute approximate surface area is 164 Å². The molecule has 0 spiro atoms. The van der Waals surface area contributed by atoms with Gasteiger partial charge in [-0.1, -0.05) is 18.2 Å². The third-order valence-electron chi connectivity index (χ3n) is 5.45. The predicted molar refractivity (Wildman–Crippen MR) is 101 cm³/mol. The third kappa shape index (κ3) is 2.97. The fraction of sp³-hybridized carbons (Fsp3) is 0.350. The molecule has 1 aromatic carbocycles. The Bertz CT molecular complexity index is 1160. The maximum absolute atomic E-state index is 13.1. The minimum Gasteiger partial charge on any atom is -0.435 e. The van der Waals surface area contributed by atoms with Crippen LogP contribution in [0.1, 0.15) is 36.3 Å². The number of hydrogen-bond donors (Lipinski definition) is 1. The molecule has 0 unspecified atom stereocenters. The number of halogens is 2. The number of para-hydroxylation sites is 1. The number of aromatic nitrogens is 2. The van der Waals surface area contributed by atoms with Crippen LogP contribution in [0, 0.1) is 0 Å². The zero-order valence-electron chi connectivity index (χ0n) is 15.9. The van der Waals surface area contributed by atoms with Crippen molar-refractivity contribution in [2.75, 3.05) is 5.32 Å². The lowest BCUT2D eigenvalue weighted by Crippen LogP contribution is -2.44. The Morgan fingerprint density at radius 2 is 1.83 bits per heavy atom. The van der Waals surface area contributed by atoms with Crippen LogP contribution >= 0.6 is 0 Å². The fourth-order valence-corrected chi connectivity index (χ4v) is 4.13. The van der Waals surface area contributed by atoms with Gasteiger partial charge >= 0.3 is 12.3 Å². The van der Waals surface area contributed by atoms with Crippen molar-refractivity contribution in [1.29, 1.82) is 0 Å². The maximum atomic E-state index is 13.1. The number of ketones is 1. The number of nitrogens with one attached hydrogen (secondary N) is 1. The highest BCUT2D eigenvalue weighted by Crippen LogP contribution is 2.45. The first kappa shape index (κ1) is 19.1. The number of allylic oxidation sites excluding steroid dienone is 2. The molecule has 1 atom stereocenters. The van der Waals surface area contributed by atoms with Gasteiger partial charge in [-0.3, -0.25) is 18.7 Å². The van der Waals surface area contributed by atoms with E-state index in [0.717, 1.165) is 4.57 Å². The fourth-order valence-electron chi connectivity index (χ4n) is 4.13. The highest BCUT2D eigenvalue weighted by Gasteiger charge is 2.40. The van der Waals surface area contributed by atoms with Crippen LogP contribution in [-0.4, -0.2) is 21.5 Å². The molecule has 0 bridgehead atoms. The summed E-state index contributed by atoms with van der Waals surface area (Å²) in [7, 11) is 2.86. The van der Waals surface area contributed by atoms with E-state index in [-0.39, 0.29) is 28.5 Å². The highest BCUT2D eigenvalue weighted by atomic mass is 19.3. The van der Waals surface area contributed by atoms with E-state index in [1.807, 2.05) is 0 Å². The lowest BCUT2D eigenvalue weighted by atomic mass is 9.76. The van der Waals surface area contributed by atoms with E-state index < -0.39 is 23.8 Å². The van der Waals surface area contributed by atoms with Crippen molar-refractivity contribution >= 4 is 11.6 Å². The van der Waals surface area contributed by atoms with E-state index in [2.05, 4.69) is 10.1 Å².